The van der Waals surface area contributed by atoms with Gasteiger partial charge in [0.05, 0.1) is 18.1 Å². The predicted molar refractivity (Wildman–Crippen MR) is 54.8 cm³/mol. The molecule has 2 amide bonds. The molecule has 0 saturated heterocycles. The van der Waals surface area contributed by atoms with E-state index in [4.69, 9.17) is 10.8 Å². The average Bonchev–Trinajstić information content (AvgIpc) is 2.68. The molecule has 0 unspecified atom stereocenters. The normalized spacial score (nSPS) is 11.8. The smallest absolute Gasteiger partial charge is 0.326 e. The molecule has 8 heteroatoms. The fourth-order valence-corrected chi connectivity index (χ4v) is 1.48. The number of rotatable bonds is 5. The van der Waals surface area contributed by atoms with Crippen LogP contribution in [0.2, 0.25) is 0 Å². The standard InChI is InChI=1S/C8H9N3O4S/c9-6(12)1-4(8(14)15)11-7(13)5-2-10-3-16-5/h2-4H,1H2,(H2,9,12)(H,11,13)(H,14,15)/t4-/m0/s1. The first-order chi connectivity index (χ1) is 7.50. The Balaban J connectivity index is 2.65. The van der Waals surface area contributed by atoms with Gasteiger partial charge in [0.15, 0.2) is 0 Å². The van der Waals surface area contributed by atoms with Crippen molar-refractivity contribution in [2.45, 2.75) is 12.5 Å². The molecule has 0 aliphatic rings. The van der Waals surface area contributed by atoms with Crippen molar-refractivity contribution in [3.8, 4) is 0 Å². The van der Waals surface area contributed by atoms with Crippen LogP contribution >= 0.6 is 11.3 Å². The zero-order chi connectivity index (χ0) is 12.1. The topological polar surface area (TPSA) is 122 Å². The molecular weight excluding hydrogens is 234 g/mol. The number of carbonyl (C=O) groups excluding carboxylic acids is 2. The van der Waals surface area contributed by atoms with E-state index in [1.165, 1.54) is 11.7 Å². The lowest BCUT2D eigenvalue weighted by Crippen LogP contribution is -2.43. The molecule has 1 aromatic rings. The third-order valence-electron chi connectivity index (χ3n) is 1.66. The third-order valence-corrected chi connectivity index (χ3v) is 2.44. The number of aromatic nitrogens is 1. The largest absolute Gasteiger partial charge is 0.480 e. The summed E-state index contributed by atoms with van der Waals surface area (Å²) in [5.41, 5.74) is 6.31. The molecule has 1 aromatic heterocycles. The fraction of sp³-hybridized carbons (Fsp3) is 0.250. The molecule has 86 valence electrons. The van der Waals surface area contributed by atoms with Gasteiger partial charge in [-0.1, -0.05) is 0 Å². The Labute approximate surface area is 94.3 Å². The van der Waals surface area contributed by atoms with Crippen LogP contribution in [0.25, 0.3) is 0 Å². The van der Waals surface area contributed by atoms with Gasteiger partial charge in [-0.15, -0.1) is 11.3 Å². The molecule has 0 bridgehead atoms. The lowest BCUT2D eigenvalue weighted by Gasteiger charge is -2.11. The number of amides is 2. The van der Waals surface area contributed by atoms with Crippen LogP contribution in [-0.2, 0) is 9.59 Å². The minimum Gasteiger partial charge on any atom is -0.480 e. The molecule has 1 heterocycles. The summed E-state index contributed by atoms with van der Waals surface area (Å²) < 4.78 is 0. The van der Waals surface area contributed by atoms with Crippen LogP contribution < -0.4 is 11.1 Å². The maximum Gasteiger partial charge on any atom is 0.326 e. The summed E-state index contributed by atoms with van der Waals surface area (Å²) in [6.07, 6.45) is 0.864. The van der Waals surface area contributed by atoms with Gasteiger partial charge >= 0.3 is 5.97 Å². The monoisotopic (exact) mass is 243 g/mol. The van der Waals surface area contributed by atoms with Crippen LogP contribution in [-0.4, -0.2) is 33.9 Å². The molecule has 1 atom stereocenters. The second-order valence-corrected chi connectivity index (χ2v) is 3.79. The van der Waals surface area contributed by atoms with Gasteiger partial charge in [-0.3, -0.25) is 14.6 Å². The fourth-order valence-electron chi connectivity index (χ4n) is 0.959. The van der Waals surface area contributed by atoms with E-state index in [0.717, 1.165) is 11.3 Å². The highest BCUT2D eigenvalue weighted by molar-refractivity contribution is 7.11. The van der Waals surface area contributed by atoms with Gasteiger partial charge in [-0.2, -0.15) is 0 Å². The highest BCUT2D eigenvalue weighted by Gasteiger charge is 2.23. The lowest BCUT2D eigenvalue weighted by atomic mass is 10.2. The molecular formula is C8H9N3O4S. The van der Waals surface area contributed by atoms with E-state index in [1.54, 1.807) is 0 Å². The minimum absolute atomic E-state index is 0.274. The number of carbonyl (C=O) groups is 3. The van der Waals surface area contributed by atoms with Crippen molar-refractivity contribution in [2.24, 2.45) is 5.73 Å². The zero-order valence-electron chi connectivity index (χ0n) is 8.04. The molecule has 0 aliphatic carbocycles. The van der Waals surface area contributed by atoms with Crippen molar-refractivity contribution in [2.75, 3.05) is 0 Å². The van der Waals surface area contributed by atoms with E-state index >= 15 is 0 Å². The molecule has 16 heavy (non-hydrogen) atoms. The number of nitrogens with two attached hydrogens (primary N) is 1. The number of thiazole rings is 1. The van der Waals surface area contributed by atoms with Gasteiger partial charge in [0.2, 0.25) is 5.91 Å². The van der Waals surface area contributed by atoms with Crippen molar-refractivity contribution >= 4 is 29.1 Å². The second-order valence-electron chi connectivity index (χ2n) is 2.90. The van der Waals surface area contributed by atoms with Crippen LogP contribution in [0.15, 0.2) is 11.7 Å². The summed E-state index contributed by atoms with van der Waals surface area (Å²) >= 11 is 1.07. The Morgan fingerprint density at radius 3 is 2.69 bits per heavy atom. The SMILES string of the molecule is NC(=O)C[C@H](NC(=O)c1cncs1)C(=O)O. The Kier molecular flexibility index (Phi) is 3.95. The molecule has 0 saturated carbocycles. The third kappa shape index (κ3) is 3.31. The second kappa shape index (κ2) is 5.21. The van der Waals surface area contributed by atoms with E-state index in [2.05, 4.69) is 10.3 Å². The summed E-state index contributed by atoms with van der Waals surface area (Å²) in [6.45, 7) is 0. The van der Waals surface area contributed by atoms with Crippen LogP contribution in [0.4, 0.5) is 0 Å². The van der Waals surface area contributed by atoms with Crippen molar-refractivity contribution in [3.63, 3.8) is 0 Å². The summed E-state index contributed by atoms with van der Waals surface area (Å²) in [5, 5.41) is 10.9. The van der Waals surface area contributed by atoms with Gasteiger partial charge in [0, 0.05) is 0 Å². The molecule has 4 N–H and O–H groups in total. The average molecular weight is 243 g/mol. The van der Waals surface area contributed by atoms with Crippen LogP contribution in [0.3, 0.4) is 0 Å². The Morgan fingerprint density at radius 1 is 1.56 bits per heavy atom. The van der Waals surface area contributed by atoms with E-state index < -0.39 is 30.2 Å². The summed E-state index contributed by atoms with van der Waals surface area (Å²) in [6, 6.07) is -1.31. The van der Waals surface area contributed by atoms with Crippen molar-refractivity contribution in [1.82, 2.24) is 10.3 Å². The van der Waals surface area contributed by atoms with Crippen molar-refractivity contribution in [1.29, 1.82) is 0 Å². The first kappa shape index (κ1) is 12.1. The number of hydrogen-bond donors (Lipinski definition) is 3. The number of carboxylic acid groups (broad SMARTS) is 1. The Hall–Kier alpha value is -1.96. The van der Waals surface area contributed by atoms with Gasteiger partial charge in [-0.25, -0.2) is 4.79 Å². The van der Waals surface area contributed by atoms with Crippen molar-refractivity contribution < 1.29 is 19.5 Å². The van der Waals surface area contributed by atoms with Gasteiger partial charge in [0.25, 0.3) is 5.91 Å². The molecule has 0 spiro atoms. The van der Waals surface area contributed by atoms with E-state index in [9.17, 15) is 14.4 Å². The zero-order valence-corrected chi connectivity index (χ0v) is 8.86. The van der Waals surface area contributed by atoms with Gasteiger partial charge in [0.1, 0.15) is 10.9 Å². The van der Waals surface area contributed by atoms with Gasteiger partial charge < -0.3 is 16.2 Å². The molecule has 0 aromatic carbocycles. The molecule has 0 aliphatic heterocycles. The maximum atomic E-state index is 11.4. The Bertz CT molecular complexity index is 403. The molecule has 1 rings (SSSR count). The highest BCUT2D eigenvalue weighted by Crippen LogP contribution is 2.05. The first-order valence-electron chi connectivity index (χ1n) is 4.21. The molecule has 0 fully saturated rings. The first-order valence-corrected chi connectivity index (χ1v) is 5.09. The number of nitrogens with one attached hydrogen (secondary N) is 1. The number of hydrogen-bond acceptors (Lipinski definition) is 5. The Morgan fingerprint density at radius 2 is 2.25 bits per heavy atom. The molecule has 0 radical (unpaired) electrons. The van der Waals surface area contributed by atoms with Gasteiger partial charge in [-0.05, 0) is 0 Å². The number of aliphatic carboxylic acids is 1. The van der Waals surface area contributed by atoms with E-state index in [-0.39, 0.29) is 4.88 Å². The number of carboxylic acids is 1. The van der Waals surface area contributed by atoms with Crippen LogP contribution in [0, 0.1) is 0 Å². The minimum atomic E-state index is -1.31. The van der Waals surface area contributed by atoms with Crippen molar-refractivity contribution in [3.05, 3.63) is 16.6 Å². The lowest BCUT2D eigenvalue weighted by molar-refractivity contribution is -0.140. The summed E-state index contributed by atoms with van der Waals surface area (Å²) in [5.74, 6) is -2.69. The number of nitrogens with zero attached hydrogens (tertiary/aromatic N) is 1. The maximum absolute atomic E-state index is 11.4. The van der Waals surface area contributed by atoms with Crippen LogP contribution in [0.5, 0.6) is 0 Å². The summed E-state index contributed by atoms with van der Waals surface area (Å²) in [7, 11) is 0. The van der Waals surface area contributed by atoms with E-state index in [0.29, 0.717) is 0 Å². The predicted octanol–water partition coefficient (Wildman–Crippen LogP) is -0.798. The van der Waals surface area contributed by atoms with Crippen LogP contribution in [0.1, 0.15) is 16.1 Å². The quantitative estimate of drug-likeness (QED) is 0.625. The summed E-state index contributed by atoms with van der Waals surface area (Å²) in [4.78, 5) is 36.7. The van der Waals surface area contributed by atoms with E-state index in [1.807, 2.05) is 0 Å². The number of primary amides is 1. The molecule has 7 nitrogen and oxygen atoms in total. The highest BCUT2D eigenvalue weighted by atomic mass is 32.1.